The second-order valence-corrected chi connectivity index (χ2v) is 7.82. The van der Waals surface area contributed by atoms with Gasteiger partial charge in [0.25, 0.3) is 0 Å². The van der Waals surface area contributed by atoms with Crippen LogP contribution in [0.2, 0.25) is 0 Å². The smallest absolute Gasteiger partial charge is 0.411 e. The standard InChI is InChI=1S/C22H26N2O4/c1-22(2,3)28-21(26)24-12-11-17-13-19(10-9-18(17)14-24)23-20(25)27-15-16-7-5-4-6-8-16/h4-10,13H,11-12,14-15H2,1-3H3,(H,23,25). The van der Waals surface area contributed by atoms with Gasteiger partial charge in [0, 0.05) is 18.8 Å². The molecule has 3 rings (SSSR count). The summed E-state index contributed by atoms with van der Waals surface area (Å²) in [7, 11) is 0. The van der Waals surface area contributed by atoms with Crippen LogP contribution >= 0.6 is 0 Å². The summed E-state index contributed by atoms with van der Waals surface area (Å²) in [5, 5.41) is 2.76. The highest BCUT2D eigenvalue weighted by Gasteiger charge is 2.25. The summed E-state index contributed by atoms with van der Waals surface area (Å²) in [5.41, 5.74) is 3.28. The third kappa shape index (κ3) is 5.49. The molecule has 0 saturated heterocycles. The number of nitrogens with zero attached hydrogens (tertiary/aromatic N) is 1. The fraction of sp³-hybridized carbons (Fsp3) is 0.364. The van der Waals surface area contributed by atoms with Crippen LogP contribution in [0.25, 0.3) is 0 Å². The number of rotatable bonds is 3. The average Bonchev–Trinajstić information content (AvgIpc) is 2.65. The molecule has 1 N–H and O–H groups in total. The van der Waals surface area contributed by atoms with Gasteiger partial charge < -0.3 is 14.4 Å². The molecule has 0 bridgehead atoms. The fourth-order valence-corrected chi connectivity index (χ4v) is 2.99. The van der Waals surface area contributed by atoms with E-state index >= 15 is 0 Å². The Morgan fingerprint density at radius 1 is 1.07 bits per heavy atom. The highest BCUT2D eigenvalue weighted by atomic mass is 16.6. The lowest BCUT2D eigenvalue weighted by atomic mass is 9.99. The van der Waals surface area contributed by atoms with Crippen LogP contribution in [-0.2, 0) is 29.0 Å². The number of benzene rings is 2. The molecule has 28 heavy (non-hydrogen) atoms. The van der Waals surface area contributed by atoms with Crippen molar-refractivity contribution in [1.29, 1.82) is 0 Å². The second kappa shape index (κ2) is 8.33. The minimum Gasteiger partial charge on any atom is -0.444 e. The van der Waals surface area contributed by atoms with Crippen molar-refractivity contribution < 1.29 is 19.1 Å². The Bertz CT molecular complexity index is 843. The number of carbonyl (C=O) groups excluding carboxylic acids is 2. The largest absolute Gasteiger partial charge is 0.444 e. The van der Waals surface area contributed by atoms with Gasteiger partial charge in [0.2, 0.25) is 0 Å². The maximum absolute atomic E-state index is 12.3. The van der Waals surface area contributed by atoms with E-state index in [1.165, 1.54) is 0 Å². The number of carbonyl (C=O) groups is 2. The van der Waals surface area contributed by atoms with Gasteiger partial charge in [-0.1, -0.05) is 36.4 Å². The van der Waals surface area contributed by atoms with Gasteiger partial charge in [0.15, 0.2) is 0 Å². The van der Waals surface area contributed by atoms with Crippen molar-refractivity contribution in [3.05, 3.63) is 65.2 Å². The van der Waals surface area contributed by atoms with Crippen LogP contribution in [-0.4, -0.2) is 29.2 Å². The molecule has 1 aliphatic heterocycles. The topological polar surface area (TPSA) is 67.9 Å². The van der Waals surface area contributed by atoms with E-state index in [2.05, 4.69) is 5.32 Å². The van der Waals surface area contributed by atoms with E-state index in [4.69, 9.17) is 9.47 Å². The molecule has 2 aromatic rings. The van der Waals surface area contributed by atoms with Crippen molar-refractivity contribution in [2.45, 2.75) is 45.9 Å². The zero-order chi connectivity index (χ0) is 20.1. The zero-order valence-corrected chi connectivity index (χ0v) is 16.5. The molecular formula is C22H26N2O4. The maximum Gasteiger partial charge on any atom is 0.411 e. The van der Waals surface area contributed by atoms with Crippen LogP contribution in [0.4, 0.5) is 15.3 Å². The molecule has 6 nitrogen and oxygen atoms in total. The summed E-state index contributed by atoms with van der Waals surface area (Å²) in [6.45, 7) is 6.89. The van der Waals surface area contributed by atoms with E-state index in [0.29, 0.717) is 25.2 Å². The molecule has 6 heteroatoms. The van der Waals surface area contributed by atoms with Crippen LogP contribution in [0, 0.1) is 0 Å². The maximum atomic E-state index is 12.3. The molecule has 1 heterocycles. The van der Waals surface area contributed by atoms with Crippen molar-refractivity contribution in [2.75, 3.05) is 11.9 Å². The molecule has 0 radical (unpaired) electrons. The summed E-state index contributed by atoms with van der Waals surface area (Å²) < 4.78 is 10.7. The molecular weight excluding hydrogens is 356 g/mol. The van der Waals surface area contributed by atoms with E-state index in [0.717, 1.165) is 16.7 Å². The van der Waals surface area contributed by atoms with E-state index in [1.54, 1.807) is 4.90 Å². The minimum atomic E-state index is -0.509. The second-order valence-electron chi connectivity index (χ2n) is 7.82. The Hall–Kier alpha value is -3.02. The number of amides is 2. The quantitative estimate of drug-likeness (QED) is 0.833. The van der Waals surface area contributed by atoms with Crippen LogP contribution in [0.5, 0.6) is 0 Å². The van der Waals surface area contributed by atoms with Crippen LogP contribution in [0.15, 0.2) is 48.5 Å². The predicted molar refractivity (Wildman–Crippen MR) is 107 cm³/mol. The van der Waals surface area contributed by atoms with Crippen LogP contribution in [0.3, 0.4) is 0 Å². The number of nitrogens with one attached hydrogen (secondary N) is 1. The number of hydrogen-bond acceptors (Lipinski definition) is 4. The van der Waals surface area contributed by atoms with E-state index < -0.39 is 11.7 Å². The van der Waals surface area contributed by atoms with E-state index in [1.807, 2.05) is 69.3 Å². The summed E-state index contributed by atoms with van der Waals surface area (Å²) in [4.78, 5) is 26.0. The highest BCUT2D eigenvalue weighted by Crippen LogP contribution is 2.24. The van der Waals surface area contributed by atoms with Crippen molar-refractivity contribution in [3.8, 4) is 0 Å². The first-order valence-electron chi connectivity index (χ1n) is 9.37. The Labute approximate surface area is 165 Å². The van der Waals surface area contributed by atoms with Gasteiger partial charge in [0.05, 0.1) is 0 Å². The number of hydrogen-bond donors (Lipinski definition) is 1. The van der Waals surface area contributed by atoms with Crippen molar-refractivity contribution >= 4 is 17.9 Å². The SMILES string of the molecule is CC(C)(C)OC(=O)N1CCc2cc(NC(=O)OCc3ccccc3)ccc2C1. The van der Waals surface area contributed by atoms with Gasteiger partial charge in [-0.25, -0.2) is 9.59 Å². The lowest BCUT2D eigenvalue weighted by molar-refractivity contribution is 0.0224. The van der Waals surface area contributed by atoms with Gasteiger partial charge in [-0.05, 0) is 56.0 Å². The van der Waals surface area contributed by atoms with Crippen LogP contribution < -0.4 is 5.32 Å². The Balaban J connectivity index is 1.56. The predicted octanol–water partition coefficient (Wildman–Crippen LogP) is 4.73. The molecule has 0 atom stereocenters. The zero-order valence-electron chi connectivity index (χ0n) is 16.5. The molecule has 2 aromatic carbocycles. The fourth-order valence-electron chi connectivity index (χ4n) is 2.99. The van der Waals surface area contributed by atoms with Crippen molar-refractivity contribution in [1.82, 2.24) is 4.90 Å². The number of fused-ring (bicyclic) bond motifs is 1. The average molecular weight is 382 g/mol. The first kappa shape index (κ1) is 19.7. The monoisotopic (exact) mass is 382 g/mol. The van der Waals surface area contributed by atoms with Gasteiger partial charge in [-0.2, -0.15) is 0 Å². The molecule has 1 aliphatic rings. The van der Waals surface area contributed by atoms with Gasteiger partial charge >= 0.3 is 12.2 Å². The van der Waals surface area contributed by atoms with Gasteiger partial charge in [-0.3, -0.25) is 5.32 Å². The van der Waals surface area contributed by atoms with Gasteiger partial charge in [-0.15, -0.1) is 0 Å². The van der Waals surface area contributed by atoms with Gasteiger partial charge in [0.1, 0.15) is 12.2 Å². The Kier molecular flexibility index (Phi) is 5.87. The van der Waals surface area contributed by atoms with Crippen molar-refractivity contribution in [2.24, 2.45) is 0 Å². The summed E-state index contributed by atoms with van der Waals surface area (Å²) >= 11 is 0. The summed E-state index contributed by atoms with van der Waals surface area (Å²) in [6, 6.07) is 15.2. The number of anilines is 1. The molecule has 0 unspecified atom stereocenters. The first-order valence-corrected chi connectivity index (χ1v) is 9.37. The molecule has 0 fully saturated rings. The highest BCUT2D eigenvalue weighted by molar-refractivity contribution is 5.84. The molecule has 0 aromatic heterocycles. The van der Waals surface area contributed by atoms with Crippen LogP contribution in [0.1, 0.15) is 37.5 Å². The lowest BCUT2D eigenvalue weighted by Gasteiger charge is -2.31. The molecule has 148 valence electrons. The summed E-state index contributed by atoms with van der Waals surface area (Å²) in [5.74, 6) is 0. The van der Waals surface area contributed by atoms with E-state index in [9.17, 15) is 9.59 Å². The first-order chi connectivity index (χ1) is 13.3. The Morgan fingerprint density at radius 3 is 2.54 bits per heavy atom. The lowest BCUT2D eigenvalue weighted by Crippen LogP contribution is -2.39. The minimum absolute atomic E-state index is 0.225. The Morgan fingerprint density at radius 2 is 1.82 bits per heavy atom. The normalized spacial score (nSPS) is 13.5. The summed E-state index contributed by atoms with van der Waals surface area (Å²) in [6.07, 6.45) is -0.0804. The number of ether oxygens (including phenoxy) is 2. The molecule has 2 amide bonds. The third-order valence-electron chi connectivity index (χ3n) is 4.33. The van der Waals surface area contributed by atoms with E-state index in [-0.39, 0.29) is 12.7 Å². The van der Waals surface area contributed by atoms with Crippen molar-refractivity contribution in [3.63, 3.8) is 0 Å². The third-order valence-corrected chi connectivity index (χ3v) is 4.33. The molecule has 0 aliphatic carbocycles. The molecule has 0 saturated carbocycles. The molecule has 0 spiro atoms.